The van der Waals surface area contributed by atoms with E-state index in [2.05, 4.69) is 10.4 Å². The normalized spacial score (nSPS) is 27.1. The summed E-state index contributed by atoms with van der Waals surface area (Å²) in [5.41, 5.74) is -0.855. The summed E-state index contributed by atoms with van der Waals surface area (Å²) in [6.45, 7) is 11.0. The lowest BCUT2D eigenvalue weighted by Gasteiger charge is -2.31. The number of ether oxygens (including phenoxy) is 2. The monoisotopic (exact) mass is 323 g/mol. The molecule has 0 aliphatic carbocycles. The van der Waals surface area contributed by atoms with Gasteiger partial charge in [-0.3, -0.25) is 9.48 Å². The van der Waals surface area contributed by atoms with E-state index < -0.39 is 5.60 Å². The minimum Gasteiger partial charge on any atom is -0.460 e. The molecular weight excluding hydrogens is 294 g/mol. The SMILES string of the molecule is COC[C@H]1NC(C)(C)C(C(=O)OC(C)(C)C)[C@@H]1Cn1cccn1. The van der Waals surface area contributed by atoms with E-state index in [0.29, 0.717) is 13.2 Å². The topological polar surface area (TPSA) is 65.4 Å². The minimum absolute atomic E-state index is 0.0553. The molecule has 0 saturated carbocycles. The van der Waals surface area contributed by atoms with Crippen molar-refractivity contribution in [3.8, 4) is 0 Å². The zero-order valence-electron chi connectivity index (χ0n) is 15.0. The second-order valence-electron chi connectivity index (χ2n) is 7.83. The second-order valence-corrected chi connectivity index (χ2v) is 7.83. The first-order chi connectivity index (χ1) is 10.6. The molecular formula is C17H29N3O3. The average molecular weight is 323 g/mol. The van der Waals surface area contributed by atoms with Gasteiger partial charge in [0.05, 0.1) is 12.5 Å². The van der Waals surface area contributed by atoms with Crippen molar-refractivity contribution in [1.29, 1.82) is 0 Å². The van der Waals surface area contributed by atoms with Gasteiger partial charge in [0, 0.05) is 43.5 Å². The first-order valence-electron chi connectivity index (χ1n) is 8.11. The molecule has 0 bridgehead atoms. The van der Waals surface area contributed by atoms with Crippen molar-refractivity contribution in [2.75, 3.05) is 13.7 Å². The predicted octanol–water partition coefficient (Wildman–Crippen LogP) is 1.85. The van der Waals surface area contributed by atoms with Gasteiger partial charge >= 0.3 is 5.97 Å². The lowest BCUT2D eigenvalue weighted by molar-refractivity contribution is -0.163. The van der Waals surface area contributed by atoms with Gasteiger partial charge in [0.1, 0.15) is 5.60 Å². The third-order valence-corrected chi connectivity index (χ3v) is 4.24. The van der Waals surface area contributed by atoms with Gasteiger partial charge < -0.3 is 14.8 Å². The molecule has 6 heteroatoms. The first-order valence-corrected chi connectivity index (χ1v) is 8.11. The van der Waals surface area contributed by atoms with Crippen LogP contribution in [0.3, 0.4) is 0 Å². The number of aromatic nitrogens is 2. The summed E-state index contributed by atoms with van der Waals surface area (Å²) in [5.74, 6) is -0.364. The molecule has 2 heterocycles. The number of nitrogens with zero attached hydrogens (tertiary/aromatic N) is 2. The average Bonchev–Trinajstić information content (AvgIpc) is 2.95. The molecule has 1 N–H and O–H groups in total. The van der Waals surface area contributed by atoms with Crippen molar-refractivity contribution < 1.29 is 14.3 Å². The van der Waals surface area contributed by atoms with Crippen molar-refractivity contribution >= 4 is 5.97 Å². The summed E-state index contributed by atoms with van der Waals surface area (Å²) in [7, 11) is 1.68. The Bertz CT molecular complexity index is 520. The third-order valence-electron chi connectivity index (χ3n) is 4.24. The molecule has 23 heavy (non-hydrogen) atoms. The number of carbonyl (C=O) groups is 1. The van der Waals surface area contributed by atoms with Crippen LogP contribution in [0, 0.1) is 11.8 Å². The van der Waals surface area contributed by atoms with Crippen molar-refractivity contribution in [1.82, 2.24) is 15.1 Å². The molecule has 1 fully saturated rings. The Morgan fingerprint density at radius 1 is 1.39 bits per heavy atom. The van der Waals surface area contributed by atoms with E-state index >= 15 is 0 Å². The van der Waals surface area contributed by atoms with Crippen LogP contribution in [0.5, 0.6) is 0 Å². The van der Waals surface area contributed by atoms with E-state index in [0.717, 1.165) is 0 Å². The highest BCUT2D eigenvalue weighted by atomic mass is 16.6. The van der Waals surface area contributed by atoms with Crippen LogP contribution < -0.4 is 5.32 Å². The lowest BCUT2D eigenvalue weighted by atomic mass is 9.80. The van der Waals surface area contributed by atoms with E-state index in [4.69, 9.17) is 9.47 Å². The van der Waals surface area contributed by atoms with Gasteiger partial charge in [0.15, 0.2) is 0 Å². The summed E-state index contributed by atoms with van der Waals surface area (Å²) in [6.07, 6.45) is 3.67. The molecule has 1 aromatic rings. The Labute approximate surface area is 138 Å². The van der Waals surface area contributed by atoms with Crippen LogP contribution in [-0.4, -0.2) is 46.6 Å². The molecule has 1 saturated heterocycles. The zero-order valence-corrected chi connectivity index (χ0v) is 15.0. The van der Waals surface area contributed by atoms with Gasteiger partial charge in [-0.2, -0.15) is 5.10 Å². The van der Waals surface area contributed by atoms with Crippen LogP contribution in [0.2, 0.25) is 0 Å². The van der Waals surface area contributed by atoms with Gasteiger partial charge in [-0.15, -0.1) is 0 Å². The predicted molar refractivity (Wildman–Crippen MR) is 87.9 cm³/mol. The van der Waals surface area contributed by atoms with Gasteiger partial charge in [-0.25, -0.2) is 0 Å². The Morgan fingerprint density at radius 2 is 2.09 bits per heavy atom. The number of nitrogens with one attached hydrogen (secondary N) is 1. The standard InChI is InChI=1S/C17H29N3O3/c1-16(2,3)23-15(21)14-12(10-20-9-7-8-18-20)13(11-22-6)19-17(14,4)5/h7-9,12-14,19H,10-11H2,1-6H3/t12-,13-,14?/m1/s1. The summed E-state index contributed by atoms with van der Waals surface area (Å²) in [6, 6.07) is 1.97. The molecule has 3 atom stereocenters. The number of hydrogen-bond acceptors (Lipinski definition) is 5. The van der Waals surface area contributed by atoms with Gasteiger partial charge in [-0.05, 0) is 40.7 Å². The zero-order chi connectivity index (χ0) is 17.3. The highest BCUT2D eigenvalue weighted by molar-refractivity contribution is 5.75. The molecule has 130 valence electrons. The van der Waals surface area contributed by atoms with Gasteiger partial charge in [0.2, 0.25) is 0 Å². The van der Waals surface area contributed by atoms with E-state index in [-0.39, 0.29) is 29.4 Å². The Balaban J connectivity index is 2.27. The summed E-state index contributed by atoms with van der Waals surface area (Å²) >= 11 is 0. The molecule has 1 aromatic heterocycles. The number of hydrogen-bond donors (Lipinski definition) is 1. The van der Waals surface area contributed by atoms with Crippen molar-refractivity contribution in [3.05, 3.63) is 18.5 Å². The highest BCUT2D eigenvalue weighted by Crippen LogP contribution is 2.38. The minimum atomic E-state index is -0.497. The third kappa shape index (κ3) is 4.32. The van der Waals surface area contributed by atoms with Crippen molar-refractivity contribution in [3.63, 3.8) is 0 Å². The fraction of sp³-hybridized carbons (Fsp3) is 0.765. The van der Waals surface area contributed by atoms with Crippen LogP contribution in [-0.2, 0) is 20.8 Å². The van der Waals surface area contributed by atoms with Gasteiger partial charge in [0.25, 0.3) is 0 Å². The molecule has 0 radical (unpaired) electrons. The maximum absolute atomic E-state index is 12.8. The quantitative estimate of drug-likeness (QED) is 0.838. The molecule has 1 aliphatic heterocycles. The summed E-state index contributed by atoms with van der Waals surface area (Å²) in [5, 5.41) is 7.83. The van der Waals surface area contributed by atoms with Crippen LogP contribution >= 0.6 is 0 Å². The van der Waals surface area contributed by atoms with E-state index in [1.165, 1.54) is 0 Å². The maximum atomic E-state index is 12.8. The molecule has 1 aliphatic rings. The highest BCUT2D eigenvalue weighted by Gasteiger charge is 2.52. The Kier molecular flexibility index (Phi) is 5.16. The van der Waals surface area contributed by atoms with Crippen LogP contribution in [0.15, 0.2) is 18.5 Å². The molecule has 0 amide bonds. The van der Waals surface area contributed by atoms with E-state index in [9.17, 15) is 4.79 Å². The lowest BCUT2D eigenvalue weighted by Crippen LogP contribution is -2.45. The molecule has 0 spiro atoms. The Hall–Kier alpha value is -1.40. The van der Waals surface area contributed by atoms with Crippen molar-refractivity contribution in [2.24, 2.45) is 11.8 Å². The van der Waals surface area contributed by atoms with E-state index in [1.807, 2.05) is 51.6 Å². The van der Waals surface area contributed by atoms with Crippen molar-refractivity contribution in [2.45, 2.75) is 58.3 Å². The number of methoxy groups -OCH3 is 1. The number of rotatable bonds is 5. The summed E-state index contributed by atoms with van der Waals surface area (Å²) in [4.78, 5) is 12.8. The number of esters is 1. The first kappa shape index (κ1) is 17.9. The smallest absolute Gasteiger partial charge is 0.311 e. The van der Waals surface area contributed by atoms with E-state index in [1.54, 1.807) is 13.3 Å². The summed E-state index contributed by atoms with van der Waals surface area (Å²) < 4.78 is 12.9. The van der Waals surface area contributed by atoms with Crippen LogP contribution in [0.1, 0.15) is 34.6 Å². The molecule has 0 aromatic carbocycles. The molecule has 1 unspecified atom stereocenters. The van der Waals surface area contributed by atoms with Crippen LogP contribution in [0.4, 0.5) is 0 Å². The fourth-order valence-corrected chi connectivity index (χ4v) is 3.48. The second kappa shape index (κ2) is 6.61. The van der Waals surface area contributed by atoms with Crippen LogP contribution in [0.25, 0.3) is 0 Å². The maximum Gasteiger partial charge on any atom is 0.311 e. The molecule has 2 rings (SSSR count). The fourth-order valence-electron chi connectivity index (χ4n) is 3.48. The van der Waals surface area contributed by atoms with Gasteiger partial charge in [-0.1, -0.05) is 0 Å². The largest absolute Gasteiger partial charge is 0.460 e. The molecule has 6 nitrogen and oxygen atoms in total. The Morgan fingerprint density at radius 3 is 2.61 bits per heavy atom. The number of carbonyl (C=O) groups excluding carboxylic acids is 1.